The van der Waals surface area contributed by atoms with E-state index < -0.39 is 0 Å². The smallest absolute Gasteiger partial charge is 0.186 e. The molecule has 0 aliphatic rings. The Morgan fingerprint density at radius 1 is 1.35 bits per heavy atom. The van der Waals surface area contributed by atoms with E-state index in [2.05, 4.69) is 31.0 Å². The Morgan fingerprint density at radius 2 is 2.10 bits per heavy atom. The van der Waals surface area contributed by atoms with Crippen molar-refractivity contribution in [2.45, 2.75) is 33.4 Å². The van der Waals surface area contributed by atoms with Crippen LogP contribution in [0.3, 0.4) is 0 Å². The largest absolute Gasteiger partial charge is 0.383 e. The van der Waals surface area contributed by atoms with Gasteiger partial charge in [0.15, 0.2) is 5.13 Å². The second-order valence-corrected chi connectivity index (χ2v) is 5.84. The molecule has 0 amide bonds. The monoisotopic (exact) mass is 301 g/mol. The van der Waals surface area contributed by atoms with Crippen LogP contribution in [0.15, 0.2) is 0 Å². The highest BCUT2D eigenvalue weighted by Gasteiger charge is 2.19. The van der Waals surface area contributed by atoms with Gasteiger partial charge in [0.05, 0.1) is 24.9 Å². The highest BCUT2D eigenvalue weighted by atomic mass is 32.1. The Bertz CT molecular complexity index is 384. The van der Waals surface area contributed by atoms with Crippen molar-refractivity contribution in [2.75, 3.05) is 45.4 Å². The Kier molecular flexibility index (Phi) is 8.06. The minimum atomic E-state index is 0.285. The lowest BCUT2D eigenvalue weighted by atomic mass is 10.3. The van der Waals surface area contributed by atoms with Crippen molar-refractivity contribution < 1.29 is 9.47 Å². The van der Waals surface area contributed by atoms with Crippen molar-refractivity contribution >= 4 is 16.5 Å². The molecule has 5 nitrogen and oxygen atoms in total. The van der Waals surface area contributed by atoms with E-state index in [0.717, 1.165) is 30.5 Å². The predicted octanol–water partition coefficient (Wildman–Crippen LogP) is 2.05. The first-order valence-corrected chi connectivity index (χ1v) is 7.87. The molecule has 0 aliphatic carbocycles. The Hall–Kier alpha value is -0.690. The first kappa shape index (κ1) is 17.4. The molecule has 1 heterocycles. The van der Waals surface area contributed by atoms with Crippen molar-refractivity contribution in [1.82, 2.24) is 10.3 Å². The summed E-state index contributed by atoms with van der Waals surface area (Å²) in [6.45, 7) is 10.4. The van der Waals surface area contributed by atoms with Gasteiger partial charge < -0.3 is 19.7 Å². The van der Waals surface area contributed by atoms with E-state index in [1.54, 1.807) is 25.6 Å². The van der Waals surface area contributed by atoms with E-state index in [1.165, 1.54) is 4.88 Å². The van der Waals surface area contributed by atoms with Gasteiger partial charge in [-0.1, -0.05) is 6.92 Å². The van der Waals surface area contributed by atoms with Crippen molar-refractivity contribution in [1.29, 1.82) is 0 Å². The third kappa shape index (κ3) is 5.01. The van der Waals surface area contributed by atoms with Crippen molar-refractivity contribution in [3.63, 3.8) is 0 Å². The van der Waals surface area contributed by atoms with Crippen molar-refractivity contribution in [3.05, 3.63) is 10.6 Å². The van der Waals surface area contributed by atoms with Gasteiger partial charge in [0, 0.05) is 32.2 Å². The number of ether oxygens (including phenoxy) is 2. The van der Waals surface area contributed by atoms with Crippen LogP contribution in [0.5, 0.6) is 0 Å². The second-order valence-electron chi connectivity index (χ2n) is 4.78. The summed E-state index contributed by atoms with van der Waals surface area (Å²) >= 11 is 1.75. The summed E-state index contributed by atoms with van der Waals surface area (Å²) in [5.74, 6) is 0. The fraction of sp³-hybridized carbons (Fsp3) is 0.786. The first-order valence-electron chi connectivity index (χ1n) is 7.05. The first-order chi connectivity index (χ1) is 9.63. The van der Waals surface area contributed by atoms with Gasteiger partial charge in [0.1, 0.15) is 0 Å². The molecule has 20 heavy (non-hydrogen) atoms. The molecule has 0 bridgehead atoms. The lowest BCUT2D eigenvalue weighted by Gasteiger charge is -2.28. The van der Waals surface area contributed by atoms with E-state index in [-0.39, 0.29) is 6.04 Å². The number of aryl methyl sites for hydroxylation is 1. The summed E-state index contributed by atoms with van der Waals surface area (Å²) in [5.41, 5.74) is 1.11. The molecule has 0 spiro atoms. The second kappa shape index (κ2) is 9.28. The van der Waals surface area contributed by atoms with Gasteiger partial charge in [0.2, 0.25) is 0 Å². The summed E-state index contributed by atoms with van der Waals surface area (Å²) in [4.78, 5) is 8.28. The number of anilines is 1. The predicted molar refractivity (Wildman–Crippen MR) is 84.8 cm³/mol. The molecule has 0 saturated carbocycles. The topological polar surface area (TPSA) is 46.6 Å². The Morgan fingerprint density at radius 3 is 2.70 bits per heavy atom. The summed E-state index contributed by atoms with van der Waals surface area (Å²) in [5, 5.41) is 4.41. The molecule has 1 aromatic rings. The molecule has 6 heteroatoms. The highest BCUT2D eigenvalue weighted by molar-refractivity contribution is 7.15. The van der Waals surface area contributed by atoms with Crippen LogP contribution in [0.1, 0.15) is 24.4 Å². The van der Waals surface area contributed by atoms with Gasteiger partial charge in [-0.25, -0.2) is 4.98 Å². The van der Waals surface area contributed by atoms with Crippen molar-refractivity contribution in [2.24, 2.45) is 0 Å². The van der Waals surface area contributed by atoms with Crippen LogP contribution < -0.4 is 10.2 Å². The van der Waals surface area contributed by atoms with Crippen LogP contribution in [0.25, 0.3) is 0 Å². The summed E-state index contributed by atoms with van der Waals surface area (Å²) in [7, 11) is 3.46. The number of rotatable bonds is 10. The Balaban J connectivity index is 2.83. The number of methoxy groups -OCH3 is 2. The third-order valence-corrected chi connectivity index (χ3v) is 4.33. The van der Waals surface area contributed by atoms with E-state index in [9.17, 15) is 0 Å². The lowest BCUT2D eigenvalue weighted by molar-refractivity contribution is 0.171. The maximum atomic E-state index is 5.27. The molecule has 0 aliphatic heterocycles. The van der Waals surface area contributed by atoms with Gasteiger partial charge in [-0.05, 0) is 20.4 Å². The summed E-state index contributed by atoms with van der Waals surface area (Å²) in [6, 6.07) is 0.285. The van der Waals surface area contributed by atoms with Gasteiger partial charge in [-0.2, -0.15) is 0 Å². The quantitative estimate of drug-likeness (QED) is 0.717. The van der Waals surface area contributed by atoms with E-state index in [1.807, 2.05) is 0 Å². The molecule has 116 valence electrons. The maximum absolute atomic E-state index is 5.27. The van der Waals surface area contributed by atoms with E-state index >= 15 is 0 Å². The molecule has 1 N–H and O–H groups in total. The SMILES string of the molecule is CCNCc1sc(N(CCOC)C(C)COC)nc1C. The zero-order valence-corrected chi connectivity index (χ0v) is 14.0. The van der Waals surface area contributed by atoms with Gasteiger partial charge in [-0.3, -0.25) is 0 Å². The lowest BCUT2D eigenvalue weighted by Crippen LogP contribution is -2.38. The van der Waals surface area contributed by atoms with Crippen LogP contribution in [-0.4, -0.2) is 51.5 Å². The Labute approximate surface area is 126 Å². The zero-order chi connectivity index (χ0) is 15.0. The van der Waals surface area contributed by atoms with Gasteiger partial charge in [-0.15, -0.1) is 11.3 Å². The summed E-state index contributed by atoms with van der Waals surface area (Å²) < 4.78 is 10.5. The molecular formula is C14H27N3O2S. The number of nitrogens with zero attached hydrogens (tertiary/aromatic N) is 2. The van der Waals surface area contributed by atoms with Crippen LogP contribution in [-0.2, 0) is 16.0 Å². The molecule has 0 radical (unpaired) electrons. The number of aromatic nitrogens is 1. The standard InChI is InChI=1S/C14H27N3O2S/c1-6-15-9-13-12(3)16-14(20-13)17(7-8-18-4)11(2)10-19-5/h11,15H,6-10H2,1-5H3. The molecular weight excluding hydrogens is 274 g/mol. The van der Waals surface area contributed by atoms with Crippen LogP contribution in [0.4, 0.5) is 5.13 Å². The third-order valence-electron chi connectivity index (χ3n) is 3.14. The minimum absolute atomic E-state index is 0.285. The number of thiazole rings is 1. The molecule has 1 unspecified atom stereocenters. The van der Waals surface area contributed by atoms with Crippen LogP contribution in [0.2, 0.25) is 0 Å². The van der Waals surface area contributed by atoms with Gasteiger partial charge in [0.25, 0.3) is 0 Å². The van der Waals surface area contributed by atoms with Crippen LogP contribution in [0, 0.1) is 6.92 Å². The van der Waals surface area contributed by atoms with Gasteiger partial charge >= 0.3 is 0 Å². The maximum Gasteiger partial charge on any atom is 0.186 e. The average molecular weight is 301 g/mol. The van der Waals surface area contributed by atoms with Crippen molar-refractivity contribution in [3.8, 4) is 0 Å². The number of hydrogen-bond donors (Lipinski definition) is 1. The minimum Gasteiger partial charge on any atom is -0.383 e. The van der Waals surface area contributed by atoms with E-state index in [4.69, 9.17) is 14.5 Å². The molecule has 1 atom stereocenters. The molecule has 0 aromatic carbocycles. The molecule has 1 aromatic heterocycles. The number of nitrogens with one attached hydrogen (secondary N) is 1. The normalized spacial score (nSPS) is 12.7. The average Bonchev–Trinajstić information content (AvgIpc) is 2.78. The molecule has 0 saturated heterocycles. The zero-order valence-electron chi connectivity index (χ0n) is 13.2. The number of hydrogen-bond acceptors (Lipinski definition) is 6. The van der Waals surface area contributed by atoms with E-state index in [0.29, 0.717) is 13.2 Å². The summed E-state index contributed by atoms with van der Waals surface area (Å²) in [6.07, 6.45) is 0. The molecule has 1 rings (SSSR count). The fourth-order valence-corrected chi connectivity index (χ4v) is 3.12. The fourth-order valence-electron chi connectivity index (χ4n) is 1.96. The van der Waals surface area contributed by atoms with Crippen LogP contribution >= 0.6 is 11.3 Å². The highest BCUT2D eigenvalue weighted by Crippen LogP contribution is 2.27. The molecule has 0 fully saturated rings.